The monoisotopic (exact) mass is 130 g/mol. The summed E-state index contributed by atoms with van der Waals surface area (Å²) < 4.78 is 25.0. The molecular weight excluding hydrogens is 122 g/mol. The molecule has 2 heteroatoms. The van der Waals surface area contributed by atoms with Gasteiger partial charge in [0.1, 0.15) is 11.5 Å². The lowest BCUT2D eigenvalue weighted by molar-refractivity contribution is 0.254. The van der Waals surface area contributed by atoms with E-state index in [9.17, 15) is 8.78 Å². The van der Waals surface area contributed by atoms with Gasteiger partial charge in [0.25, 0.3) is 0 Å². The number of hydrogen-bond acceptors (Lipinski definition) is 0. The van der Waals surface area contributed by atoms with Gasteiger partial charge in [0.15, 0.2) is 0 Å². The fraction of sp³-hybridized carbons (Fsp3) is 0.429. The third-order valence-corrected chi connectivity index (χ3v) is 1.23. The number of rotatable bonds is 0. The summed E-state index contributed by atoms with van der Waals surface area (Å²) in [7, 11) is 0. The molecule has 0 aromatic carbocycles. The molecule has 0 amide bonds. The largest absolute Gasteiger partial charge is 0.239 e. The van der Waals surface area contributed by atoms with E-state index in [1.54, 1.807) is 0 Å². The van der Waals surface area contributed by atoms with E-state index in [2.05, 4.69) is 0 Å². The summed E-state index contributed by atoms with van der Waals surface area (Å²) in [4.78, 5) is 0. The Bertz CT molecular complexity index is 166. The van der Waals surface area contributed by atoms with Crippen LogP contribution in [-0.4, -0.2) is 5.67 Å². The fourth-order valence-electron chi connectivity index (χ4n) is 0.796. The predicted molar refractivity (Wildman–Crippen MR) is 32.5 cm³/mol. The number of hydrogen-bond donors (Lipinski definition) is 0. The van der Waals surface area contributed by atoms with Gasteiger partial charge in [0.05, 0.1) is 0 Å². The molecular formula is C7H8F2. The Kier molecular flexibility index (Phi) is 1.39. The first kappa shape index (κ1) is 6.46. The van der Waals surface area contributed by atoms with Gasteiger partial charge in [-0.1, -0.05) is 6.08 Å². The number of halogens is 2. The van der Waals surface area contributed by atoms with Gasteiger partial charge in [0, 0.05) is 6.42 Å². The third kappa shape index (κ3) is 1.63. The van der Waals surface area contributed by atoms with Gasteiger partial charge in [-0.2, -0.15) is 0 Å². The highest BCUT2D eigenvalue weighted by molar-refractivity contribution is 5.22. The van der Waals surface area contributed by atoms with Gasteiger partial charge in [0.2, 0.25) is 0 Å². The molecule has 1 atom stereocenters. The Hall–Kier alpha value is -0.660. The topological polar surface area (TPSA) is 0 Å². The summed E-state index contributed by atoms with van der Waals surface area (Å²) in [5.74, 6) is -0.480. The molecule has 9 heavy (non-hydrogen) atoms. The van der Waals surface area contributed by atoms with Crippen molar-refractivity contribution in [1.82, 2.24) is 0 Å². The average Bonchev–Trinajstić information content (AvgIpc) is 1.60. The highest BCUT2D eigenvalue weighted by Crippen LogP contribution is 2.24. The number of alkyl halides is 1. The normalized spacial score (nSPS) is 34.3. The van der Waals surface area contributed by atoms with Crippen LogP contribution in [0.5, 0.6) is 0 Å². The molecule has 0 nitrogen and oxygen atoms in total. The molecule has 0 bridgehead atoms. The molecule has 0 aromatic rings. The minimum absolute atomic E-state index is 0.278. The van der Waals surface area contributed by atoms with Gasteiger partial charge in [-0.05, 0) is 19.1 Å². The molecule has 50 valence electrons. The van der Waals surface area contributed by atoms with Crippen LogP contribution in [0.25, 0.3) is 0 Å². The Balaban J connectivity index is 2.78. The smallest absolute Gasteiger partial charge is 0.132 e. The molecule has 0 aliphatic heterocycles. The van der Waals surface area contributed by atoms with E-state index in [1.165, 1.54) is 19.1 Å². The highest BCUT2D eigenvalue weighted by atomic mass is 19.1. The Labute approximate surface area is 52.9 Å². The summed E-state index contributed by atoms with van der Waals surface area (Å²) in [6.07, 6.45) is 4.05. The molecule has 0 heterocycles. The molecule has 0 saturated carbocycles. The van der Waals surface area contributed by atoms with E-state index in [4.69, 9.17) is 0 Å². The van der Waals surface area contributed by atoms with Gasteiger partial charge in [-0.3, -0.25) is 0 Å². The Morgan fingerprint density at radius 3 is 2.67 bits per heavy atom. The Morgan fingerprint density at radius 1 is 1.67 bits per heavy atom. The maximum atomic E-state index is 12.8. The van der Waals surface area contributed by atoms with Crippen LogP contribution in [0.3, 0.4) is 0 Å². The van der Waals surface area contributed by atoms with Crippen LogP contribution < -0.4 is 0 Å². The van der Waals surface area contributed by atoms with Gasteiger partial charge in [-0.15, -0.1) is 0 Å². The van der Waals surface area contributed by atoms with Crippen molar-refractivity contribution in [2.45, 2.75) is 19.0 Å². The van der Waals surface area contributed by atoms with Crippen LogP contribution in [0.15, 0.2) is 24.1 Å². The van der Waals surface area contributed by atoms with E-state index in [0.717, 1.165) is 6.08 Å². The van der Waals surface area contributed by atoms with Crippen molar-refractivity contribution in [3.8, 4) is 0 Å². The maximum Gasteiger partial charge on any atom is 0.132 e. The minimum Gasteiger partial charge on any atom is -0.239 e. The second kappa shape index (κ2) is 1.94. The minimum atomic E-state index is -1.47. The van der Waals surface area contributed by atoms with Crippen LogP contribution in [0.2, 0.25) is 0 Å². The fourth-order valence-corrected chi connectivity index (χ4v) is 0.796. The second-order valence-corrected chi connectivity index (χ2v) is 2.41. The zero-order valence-corrected chi connectivity index (χ0v) is 5.20. The van der Waals surface area contributed by atoms with Gasteiger partial charge >= 0.3 is 0 Å². The average molecular weight is 130 g/mol. The summed E-state index contributed by atoms with van der Waals surface area (Å²) in [5.41, 5.74) is -1.47. The first-order chi connectivity index (χ1) is 4.10. The summed E-state index contributed by atoms with van der Waals surface area (Å²) >= 11 is 0. The number of allylic oxidation sites excluding steroid dienone is 4. The zero-order chi connectivity index (χ0) is 6.91. The van der Waals surface area contributed by atoms with Crippen LogP contribution in [0.4, 0.5) is 8.78 Å². The predicted octanol–water partition coefficient (Wildman–Crippen LogP) is 2.53. The summed E-state index contributed by atoms with van der Waals surface area (Å²) in [6, 6.07) is 0. The van der Waals surface area contributed by atoms with Crippen molar-refractivity contribution < 1.29 is 8.78 Å². The first-order valence-corrected chi connectivity index (χ1v) is 2.84. The molecule has 1 unspecified atom stereocenters. The van der Waals surface area contributed by atoms with E-state index < -0.39 is 11.5 Å². The standard InChI is InChI=1S/C7H8F2/c1-7(9)4-2-3-6(8)5-7/h2-3,5H,4H2,1H3. The molecule has 0 radical (unpaired) electrons. The lowest BCUT2D eigenvalue weighted by atomic mass is 10.00. The third-order valence-electron chi connectivity index (χ3n) is 1.23. The quantitative estimate of drug-likeness (QED) is 0.472. The molecule has 1 aliphatic carbocycles. The van der Waals surface area contributed by atoms with E-state index in [-0.39, 0.29) is 6.42 Å². The van der Waals surface area contributed by atoms with Gasteiger partial charge in [-0.25, -0.2) is 8.78 Å². The summed E-state index contributed by atoms with van der Waals surface area (Å²) in [5, 5.41) is 0. The van der Waals surface area contributed by atoms with Crippen molar-refractivity contribution in [3.05, 3.63) is 24.1 Å². The first-order valence-electron chi connectivity index (χ1n) is 2.84. The molecule has 0 saturated heterocycles. The van der Waals surface area contributed by atoms with Crippen molar-refractivity contribution in [3.63, 3.8) is 0 Å². The zero-order valence-electron chi connectivity index (χ0n) is 5.20. The van der Waals surface area contributed by atoms with Crippen LogP contribution in [-0.2, 0) is 0 Å². The van der Waals surface area contributed by atoms with Crippen LogP contribution in [0, 0.1) is 0 Å². The molecule has 0 spiro atoms. The molecule has 0 aromatic heterocycles. The molecule has 1 aliphatic rings. The van der Waals surface area contributed by atoms with Crippen LogP contribution >= 0.6 is 0 Å². The molecule has 0 N–H and O–H groups in total. The molecule has 1 rings (SSSR count). The highest BCUT2D eigenvalue weighted by Gasteiger charge is 2.21. The lowest BCUT2D eigenvalue weighted by Crippen LogP contribution is -2.14. The lowest BCUT2D eigenvalue weighted by Gasteiger charge is -2.15. The van der Waals surface area contributed by atoms with Gasteiger partial charge < -0.3 is 0 Å². The van der Waals surface area contributed by atoms with Crippen molar-refractivity contribution in [2.75, 3.05) is 0 Å². The van der Waals surface area contributed by atoms with E-state index >= 15 is 0 Å². The second-order valence-electron chi connectivity index (χ2n) is 2.41. The van der Waals surface area contributed by atoms with Crippen LogP contribution in [0.1, 0.15) is 13.3 Å². The SMILES string of the molecule is CC1(F)C=C(F)C=CC1. The Morgan fingerprint density at radius 2 is 2.33 bits per heavy atom. The molecule has 0 fully saturated rings. The maximum absolute atomic E-state index is 12.8. The van der Waals surface area contributed by atoms with E-state index in [0.29, 0.717) is 0 Å². The van der Waals surface area contributed by atoms with Crippen molar-refractivity contribution >= 4 is 0 Å². The van der Waals surface area contributed by atoms with E-state index in [1.807, 2.05) is 0 Å². The summed E-state index contributed by atoms with van der Waals surface area (Å²) in [6.45, 7) is 1.36. The van der Waals surface area contributed by atoms with Crippen molar-refractivity contribution in [2.24, 2.45) is 0 Å². The van der Waals surface area contributed by atoms with Crippen molar-refractivity contribution in [1.29, 1.82) is 0 Å².